The van der Waals surface area contributed by atoms with Crippen molar-refractivity contribution in [2.24, 2.45) is 20.4 Å². The van der Waals surface area contributed by atoms with E-state index in [-0.39, 0.29) is 76.0 Å². The lowest BCUT2D eigenvalue weighted by Crippen LogP contribution is -2.49. The van der Waals surface area contributed by atoms with Gasteiger partial charge in [0.1, 0.15) is 5.75 Å². The quantitative estimate of drug-likeness (QED) is 0.0207. The molecule has 32 heteroatoms. The van der Waals surface area contributed by atoms with Gasteiger partial charge in [-0.25, -0.2) is 16.3 Å². The summed E-state index contributed by atoms with van der Waals surface area (Å²) in [7, 11) is 0. The Morgan fingerprint density at radius 2 is 0.913 bits per heavy atom. The molecule has 10 amide bonds. The van der Waals surface area contributed by atoms with E-state index in [2.05, 4.69) is 132 Å². The summed E-state index contributed by atoms with van der Waals surface area (Å²) in [5, 5.41) is 44.5. The van der Waals surface area contributed by atoms with Gasteiger partial charge in [-0.3, -0.25) is 58.1 Å². The molecule has 0 bridgehead atoms. The number of nitrogens with zero attached hydrogens (tertiary/aromatic N) is 6. The second-order valence-electron chi connectivity index (χ2n) is 22.7. The van der Waals surface area contributed by atoms with E-state index < -0.39 is 70.2 Å². The summed E-state index contributed by atoms with van der Waals surface area (Å²) >= 11 is 13.5. The fraction of sp³-hybridized carbons (Fsp3) is 0.0556. The predicted octanol–water partition coefficient (Wildman–Crippen LogP) is 10.7. The number of para-hydroxylation sites is 1. The van der Waals surface area contributed by atoms with Crippen LogP contribution in [0.5, 0.6) is 5.75 Å². The van der Waals surface area contributed by atoms with Crippen LogP contribution >= 0.6 is 63.7 Å². The van der Waals surface area contributed by atoms with Crippen molar-refractivity contribution in [1.82, 2.24) is 26.6 Å². The average Bonchev–Trinajstić information content (AvgIpc) is 1.64. The van der Waals surface area contributed by atoms with Gasteiger partial charge in [0.05, 0.1) is 27.7 Å². The third-order valence-electron chi connectivity index (χ3n) is 15.7. The number of hydrogen-bond acceptors (Lipinski definition) is 17. The maximum absolute atomic E-state index is 14.7. The van der Waals surface area contributed by atoms with Gasteiger partial charge in [-0.05, 0) is 157 Å². The number of hydrogen-bond donors (Lipinski definition) is 9. The molecule has 9 aromatic carbocycles. The number of aryl methyl sites for hydroxylation is 1. The third kappa shape index (κ3) is 16.8. The highest BCUT2D eigenvalue weighted by Gasteiger charge is 2.37. The van der Waals surface area contributed by atoms with Crippen LogP contribution in [0.1, 0.15) is 81.2 Å². The molecule has 13 rings (SSSR count). The molecular formula is C72H49Br4N15O13. The highest BCUT2D eigenvalue weighted by molar-refractivity contribution is 9.11. The summed E-state index contributed by atoms with van der Waals surface area (Å²) in [6, 6.07) is 52.7. The third-order valence-corrected chi connectivity index (χ3v) is 17.7. The molecule has 1 unspecified atom stereocenters. The van der Waals surface area contributed by atoms with Crippen LogP contribution in [-0.4, -0.2) is 98.1 Å². The molecule has 9 N–H and O–H groups in total. The molecule has 0 fully saturated rings. The number of nitro benzene ring substituents is 1. The van der Waals surface area contributed by atoms with E-state index in [1.54, 1.807) is 140 Å². The van der Waals surface area contributed by atoms with E-state index in [4.69, 9.17) is 4.74 Å². The van der Waals surface area contributed by atoms with E-state index in [9.17, 15) is 58.1 Å². The fourth-order valence-corrected chi connectivity index (χ4v) is 12.0. The molecule has 0 saturated carbocycles. The molecule has 4 heterocycles. The van der Waals surface area contributed by atoms with Gasteiger partial charge in [0.15, 0.2) is 22.8 Å². The first kappa shape index (κ1) is 71.3. The number of carbonyl (C=O) groups is 10. The molecule has 0 aromatic heterocycles. The number of nitrogens with one attached hydrogen (secondary N) is 9. The van der Waals surface area contributed by atoms with Gasteiger partial charge in [-0.1, -0.05) is 112 Å². The van der Waals surface area contributed by atoms with Crippen LogP contribution in [0.25, 0.3) is 0 Å². The van der Waals surface area contributed by atoms with Crippen molar-refractivity contribution in [3.05, 3.63) is 284 Å². The maximum atomic E-state index is 14.7. The van der Waals surface area contributed by atoms with Crippen molar-refractivity contribution in [3.8, 4) is 5.75 Å². The number of anilines is 5. The lowest BCUT2D eigenvalue weighted by Gasteiger charge is -2.27. The Kier molecular flexibility index (Phi) is 21.6. The van der Waals surface area contributed by atoms with Gasteiger partial charge < -0.3 is 36.6 Å². The van der Waals surface area contributed by atoms with Crippen LogP contribution in [0, 0.1) is 10.1 Å². The fourth-order valence-electron chi connectivity index (χ4n) is 10.5. The van der Waals surface area contributed by atoms with Crippen molar-refractivity contribution < 1.29 is 57.6 Å². The zero-order valence-corrected chi connectivity index (χ0v) is 59.6. The predicted molar refractivity (Wildman–Crippen MR) is 398 cm³/mol. The molecule has 518 valence electrons. The number of rotatable bonds is 19. The standard InChI is InChI=1S/C49H33Br3N10O8.C23H16BrN5O5/c50-28-13-18-36-33(22-28)40(44(65)54-36)58-57-39(63)21-8-25-6-9-27(10-7-25)48(69)62(61-42-35-24-30(52)15-20-38(35)56-46(42)67)49(70-32-4-2-1-3-5-32)47(68)53-31-16-11-26(12-17-31)43(64)60-59-41-34-23-29(51)14-19-37(34)55-45(41)66;24-16-8-9-19-18(11-16)20(23(32)26-19)27-28-22(31)14-6-4-13(5-7-14)12-25-21(30)15-2-1-3-17(10-15)29(33)34/h1-7,9-20,22-24,49H,8,21H2,(H,53,68)(H,57,63)(H,60,64)(H,54,58,65)(H,55,59,66)(H,56,61,67);1-11H,12H2,(H,25,30)(H,28,31)(H,26,27,32). The Balaban J connectivity index is 0.000000250. The SMILES string of the molecule is O=C(CCc1ccc(C(=O)N(N=C2C(=O)Nc3ccc(Br)cc32)C(Oc2ccccc2)C(=O)Nc2ccc(C(=O)NN=C3C(=O)Nc4ccc(Br)cc43)cc2)cc1)NN=C1C(=O)Nc2ccc(Br)cc21.O=C1Nc2ccc(Br)cc2C1=NNC(=O)c1ccc(CNC(=O)c2cccc([N+](=O)[O-])c2)cc1. The largest absolute Gasteiger partial charge is 0.459 e. The van der Waals surface area contributed by atoms with Gasteiger partial charge in [-0.15, -0.1) is 0 Å². The summed E-state index contributed by atoms with van der Waals surface area (Å²) < 4.78 is 9.07. The van der Waals surface area contributed by atoms with Crippen LogP contribution in [-0.2, 0) is 41.7 Å². The zero-order chi connectivity index (χ0) is 73.3. The summed E-state index contributed by atoms with van der Waals surface area (Å²) in [6.45, 7) is 0.164. The second-order valence-corrected chi connectivity index (χ2v) is 26.4. The van der Waals surface area contributed by atoms with Crippen molar-refractivity contribution in [1.29, 1.82) is 0 Å². The van der Waals surface area contributed by atoms with Gasteiger partial charge in [0, 0.05) is 93.2 Å². The van der Waals surface area contributed by atoms with Crippen LogP contribution < -0.4 is 52.9 Å². The second kappa shape index (κ2) is 31.6. The Morgan fingerprint density at radius 1 is 0.471 bits per heavy atom. The van der Waals surface area contributed by atoms with Crippen LogP contribution in [0.3, 0.4) is 0 Å². The van der Waals surface area contributed by atoms with Gasteiger partial charge in [0.2, 0.25) is 5.91 Å². The van der Waals surface area contributed by atoms with Gasteiger partial charge >= 0.3 is 0 Å². The first-order valence-electron chi connectivity index (χ1n) is 30.9. The average molecular weight is 1650 g/mol. The van der Waals surface area contributed by atoms with E-state index in [0.717, 1.165) is 24.0 Å². The van der Waals surface area contributed by atoms with Gasteiger partial charge in [0.25, 0.3) is 65.1 Å². The summed E-state index contributed by atoms with van der Waals surface area (Å²) in [6.07, 6.45) is -1.62. The minimum Gasteiger partial charge on any atom is -0.459 e. The Bertz CT molecular complexity index is 5210. The molecule has 4 aliphatic rings. The van der Waals surface area contributed by atoms with E-state index in [1.165, 1.54) is 60.7 Å². The van der Waals surface area contributed by atoms with Crippen LogP contribution in [0.15, 0.2) is 238 Å². The summed E-state index contributed by atoms with van der Waals surface area (Å²) in [4.78, 5) is 141. The molecule has 0 saturated heterocycles. The highest BCUT2D eigenvalue weighted by atomic mass is 79.9. The topological polar surface area (TPSA) is 384 Å². The summed E-state index contributed by atoms with van der Waals surface area (Å²) in [5.74, 6) is -5.57. The zero-order valence-electron chi connectivity index (χ0n) is 53.3. The summed E-state index contributed by atoms with van der Waals surface area (Å²) in [5.41, 5.74) is 13.5. The highest BCUT2D eigenvalue weighted by Crippen LogP contribution is 2.32. The van der Waals surface area contributed by atoms with E-state index >= 15 is 0 Å². The van der Waals surface area contributed by atoms with Crippen molar-refractivity contribution in [2.45, 2.75) is 25.6 Å². The Labute approximate surface area is 621 Å². The molecule has 104 heavy (non-hydrogen) atoms. The minimum atomic E-state index is -1.84. The number of hydrazone groups is 4. The lowest BCUT2D eigenvalue weighted by atomic mass is 10.1. The molecule has 9 aromatic rings. The number of benzene rings is 9. The van der Waals surface area contributed by atoms with Crippen molar-refractivity contribution in [2.75, 3.05) is 26.6 Å². The first-order chi connectivity index (χ1) is 50.1. The van der Waals surface area contributed by atoms with Crippen molar-refractivity contribution >= 4 is 180 Å². The van der Waals surface area contributed by atoms with Gasteiger partial charge in [-0.2, -0.15) is 25.4 Å². The number of nitro groups is 1. The normalized spacial score (nSPS) is 14.6. The number of ether oxygens (including phenoxy) is 1. The maximum Gasteiger partial charge on any atom is 0.289 e. The van der Waals surface area contributed by atoms with Crippen molar-refractivity contribution in [3.63, 3.8) is 0 Å². The smallest absolute Gasteiger partial charge is 0.289 e. The molecule has 1 atom stereocenters. The molecule has 0 aliphatic carbocycles. The number of fused-ring (bicyclic) bond motifs is 4. The molecule has 28 nitrogen and oxygen atoms in total. The first-order valence-corrected chi connectivity index (χ1v) is 34.1. The number of carbonyl (C=O) groups excluding carboxylic acids is 10. The number of amides is 10. The lowest BCUT2D eigenvalue weighted by molar-refractivity contribution is -0.384. The van der Waals surface area contributed by atoms with Crippen LogP contribution in [0.2, 0.25) is 0 Å². The molecule has 4 aliphatic heterocycles. The molecule has 0 radical (unpaired) electrons. The minimum absolute atomic E-state index is 0.0133. The Morgan fingerprint density at radius 3 is 1.40 bits per heavy atom. The van der Waals surface area contributed by atoms with E-state index in [0.29, 0.717) is 60.6 Å². The van der Waals surface area contributed by atoms with E-state index in [1.807, 2.05) is 0 Å². The molecule has 0 spiro atoms. The molecular weight excluding hydrogens is 1600 g/mol. The monoisotopic (exact) mass is 1650 g/mol. The number of non-ortho nitro benzene ring substituents is 1. The van der Waals surface area contributed by atoms with Crippen LogP contribution in [0.4, 0.5) is 34.1 Å². The number of halogens is 4. The Hall–Kier alpha value is -12.5.